The van der Waals surface area contributed by atoms with Crippen LogP contribution in [0.4, 0.5) is 10.1 Å². The Morgan fingerprint density at radius 2 is 2.24 bits per heavy atom. The maximum absolute atomic E-state index is 13.8. The van der Waals surface area contributed by atoms with Crippen molar-refractivity contribution in [1.82, 2.24) is 0 Å². The fraction of sp³-hybridized carbons (Fsp3) is 0.400. The third kappa shape index (κ3) is 2.30. The van der Waals surface area contributed by atoms with Crippen molar-refractivity contribution < 1.29 is 18.6 Å². The minimum atomic E-state index is -0.903. The first-order chi connectivity index (χ1) is 7.91. The third-order valence-corrected chi connectivity index (χ3v) is 2.47. The first-order valence-corrected chi connectivity index (χ1v) is 5.13. The first-order valence-electron chi connectivity index (χ1n) is 5.13. The molecule has 0 saturated carbocycles. The number of nitrogens with zero attached hydrogens (tertiary/aromatic N) is 1. The number of hydrogen-bond donors (Lipinski definition) is 0. The smallest absolute Gasteiger partial charge is 0.404 e. The van der Waals surface area contributed by atoms with Crippen LogP contribution in [0, 0.1) is 15.9 Å². The number of halogens is 1. The second-order valence-electron chi connectivity index (χ2n) is 4.46. The Kier molecular flexibility index (Phi) is 2.88. The van der Waals surface area contributed by atoms with Crippen LogP contribution in [0.3, 0.4) is 0 Å². The number of nitro benzene ring substituents is 1. The zero-order valence-electron chi connectivity index (χ0n) is 9.47. The fourth-order valence-electron chi connectivity index (χ4n) is 1.65. The van der Waals surface area contributed by atoms with E-state index in [1.807, 2.05) is 13.8 Å². The molecule has 17 heavy (non-hydrogen) atoms. The molecule has 7 heteroatoms. The average Bonchev–Trinajstić information content (AvgIpc) is 2.58. The van der Waals surface area contributed by atoms with Crippen LogP contribution in [-0.4, -0.2) is 24.2 Å². The maximum atomic E-state index is 13.8. The quantitative estimate of drug-likeness (QED) is 0.442. The summed E-state index contributed by atoms with van der Waals surface area (Å²) in [5.41, 5.74) is -1.02. The molecule has 0 N–H and O–H groups in total. The van der Waals surface area contributed by atoms with Crippen molar-refractivity contribution in [2.75, 3.05) is 6.61 Å². The molecule has 2 rings (SSSR count). The fourth-order valence-corrected chi connectivity index (χ4v) is 1.65. The van der Waals surface area contributed by atoms with E-state index in [0.29, 0.717) is 6.61 Å². The van der Waals surface area contributed by atoms with Crippen molar-refractivity contribution in [2.24, 2.45) is 0 Å². The largest absolute Gasteiger partial charge is 0.497 e. The highest BCUT2D eigenvalue weighted by atomic mass is 19.1. The third-order valence-electron chi connectivity index (χ3n) is 2.47. The van der Waals surface area contributed by atoms with Gasteiger partial charge in [0.25, 0.3) is 0 Å². The van der Waals surface area contributed by atoms with Gasteiger partial charge in [-0.3, -0.25) is 10.1 Å². The van der Waals surface area contributed by atoms with E-state index >= 15 is 0 Å². The first kappa shape index (κ1) is 12.0. The zero-order valence-corrected chi connectivity index (χ0v) is 9.47. The van der Waals surface area contributed by atoms with E-state index in [0.717, 1.165) is 6.07 Å². The van der Waals surface area contributed by atoms with E-state index < -0.39 is 29.1 Å². The molecule has 1 fully saturated rings. The van der Waals surface area contributed by atoms with Gasteiger partial charge in [-0.25, -0.2) is 0 Å². The molecule has 1 aromatic rings. The minimum Gasteiger partial charge on any atom is -0.404 e. The maximum Gasteiger partial charge on any atom is 0.497 e. The minimum absolute atomic E-state index is 0.0600. The average molecular weight is 239 g/mol. The number of rotatable bonds is 2. The van der Waals surface area contributed by atoms with Crippen LogP contribution in [0.1, 0.15) is 13.8 Å². The van der Waals surface area contributed by atoms with E-state index in [-0.39, 0.29) is 5.46 Å². The molecule has 5 nitrogen and oxygen atoms in total. The zero-order chi connectivity index (χ0) is 12.6. The molecular weight excluding hydrogens is 228 g/mol. The molecular formula is C10H11BFNO4. The van der Waals surface area contributed by atoms with Crippen molar-refractivity contribution in [3.05, 3.63) is 34.1 Å². The van der Waals surface area contributed by atoms with Gasteiger partial charge in [-0.05, 0) is 13.8 Å². The van der Waals surface area contributed by atoms with Crippen molar-refractivity contribution >= 4 is 18.3 Å². The van der Waals surface area contributed by atoms with Gasteiger partial charge in [0.05, 0.1) is 17.1 Å². The summed E-state index contributed by atoms with van der Waals surface area (Å²) in [6.45, 7) is 3.93. The summed E-state index contributed by atoms with van der Waals surface area (Å²) in [4.78, 5) is 9.84. The van der Waals surface area contributed by atoms with Gasteiger partial charge in [-0.2, -0.15) is 4.39 Å². The summed E-state index contributed by atoms with van der Waals surface area (Å²) in [6.07, 6.45) is 0. The molecule has 0 atom stereocenters. The van der Waals surface area contributed by atoms with E-state index in [4.69, 9.17) is 9.31 Å². The van der Waals surface area contributed by atoms with Gasteiger partial charge in [0.1, 0.15) is 0 Å². The van der Waals surface area contributed by atoms with E-state index in [2.05, 4.69) is 0 Å². The monoisotopic (exact) mass is 239 g/mol. The molecule has 1 saturated heterocycles. The van der Waals surface area contributed by atoms with Gasteiger partial charge in [0.15, 0.2) is 5.82 Å². The molecule has 0 aliphatic carbocycles. The summed E-state index contributed by atoms with van der Waals surface area (Å²) >= 11 is 0. The highest BCUT2D eigenvalue weighted by molar-refractivity contribution is 6.62. The van der Waals surface area contributed by atoms with Gasteiger partial charge in [0, 0.05) is 11.5 Å². The SMILES string of the molecule is CC1(C)COB(c2cccc([N+](=O)[O-])c2F)O1. The van der Waals surface area contributed by atoms with Gasteiger partial charge in [-0.1, -0.05) is 12.1 Å². The van der Waals surface area contributed by atoms with Crippen LogP contribution in [0.25, 0.3) is 0 Å². The molecule has 1 aromatic carbocycles. The highest BCUT2D eigenvalue weighted by Gasteiger charge is 2.40. The molecule has 0 bridgehead atoms. The molecule has 1 aliphatic rings. The second-order valence-corrected chi connectivity index (χ2v) is 4.46. The lowest BCUT2D eigenvalue weighted by Crippen LogP contribution is -2.36. The Hall–Kier alpha value is -1.47. The Balaban J connectivity index is 2.34. The van der Waals surface area contributed by atoms with E-state index in [9.17, 15) is 14.5 Å². The second kappa shape index (κ2) is 4.08. The number of hydrogen-bond acceptors (Lipinski definition) is 4. The molecule has 0 radical (unpaired) electrons. The molecule has 0 aromatic heterocycles. The van der Waals surface area contributed by atoms with Crippen LogP contribution in [0.15, 0.2) is 18.2 Å². The van der Waals surface area contributed by atoms with Crippen molar-refractivity contribution in [2.45, 2.75) is 19.4 Å². The van der Waals surface area contributed by atoms with Gasteiger partial charge in [0.2, 0.25) is 0 Å². The summed E-state index contributed by atoms with van der Waals surface area (Å²) in [5, 5.41) is 10.6. The van der Waals surface area contributed by atoms with Gasteiger partial charge in [-0.15, -0.1) is 0 Å². The van der Waals surface area contributed by atoms with E-state index in [1.54, 1.807) is 0 Å². The molecule has 0 unspecified atom stereocenters. The van der Waals surface area contributed by atoms with Crippen molar-refractivity contribution in [3.8, 4) is 0 Å². The van der Waals surface area contributed by atoms with Crippen molar-refractivity contribution in [1.29, 1.82) is 0 Å². The summed E-state index contributed by atoms with van der Waals surface area (Å²) in [7, 11) is -0.884. The number of benzene rings is 1. The summed E-state index contributed by atoms with van der Waals surface area (Å²) in [6, 6.07) is 3.95. The van der Waals surface area contributed by atoms with E-state index in [1.165, 1.54) is 12.1 Å². The topological polar surface area (TPSA) is 61.6 Å². The van der Waals surface area contributed by atoms with Crippen molar-refractivity contribution in [3.63, 3.8) is 0 Å². The Bertz CT molecular complexity index is 466. The standard InChI is InChI=1S/C10H11BFNO4/c1-10(2)6-16-11(17-10)7-4-3-5-8(9(7)12)13(14)15/h3-5H,6H2,1-2H3. The predicted molar refractivity (Wildman–Crippen MR) is 59.6 cm³/mol. The lowest BCUT2D eigenvalue weighted by Gasteiger charge is -2.15. The molecule has 0 spiro atoms. The van der Waals surface area contributed by atoms with Crippen LogP contribution in [-0.2, 0) is 9.31 Å². The summed E-state index contributed by atoms with van der Waals surface area (Å²) in [5.74, 6) is -0.903. The molecule has 90 valence electrons. The lowest BCUT2D eigenvalue weighted by molar-refractivity contribution is -0.387. The highest BCUT2D eigenvalue weighted by Crippen LogP contribution is 2.22. The Morgan fingerprint density at radius 1 is 1.53 bits per heavy atom. The number of nitro groups is 1. The molecule has 1 heterocycles. The van der Waals surface area contributed by atoms with Crippen LogP contribution < -0.4 is 5.46 Å². The summed E-state index contributed by atoms with van der Waals surface area (Å²) < 4.78 is 24.6. The van der Waals surface area contributed by atoms with Gasteiger partial charge >= 0.3 is 12.8 Å². The Labute approximate surface area is 97.8 Å². The lowest BCUT2D eigenvalue weighted by atomic mass is 9.78. The van der Waals surface area contributed by atoms with Gasteiger partial charge < -0.3 is 9.31 Å². The van der Waals surface area contributed by atoms with Crippen LogP contribution in [0.5, 0.6) is 0 Å². The van der Waals surface area contributed by atoms with Crippen LogP contribution >= 0.6 is 0 Å². The van der Waals surface area contributed by atoms with Crippen LogP contribution in [0.2, 0.25) is 0 Å². The Morgan fingerprint density at radius 3 is 2.76 bits per heavy atom. The normalized spacial score (nSPS) is 18.4. The molecule has 0 amide bonds. The predicted octanol–water partition coefficient (Wildman–Crippen LogP) is 1.25. The molecule has 1 aliphatic heterocycles.